The number of hydrogen-bond donors (Lipinski definition) is 2. The number of aryl methyl sites for hydroxylation is 1. The highest BCUT2D eigenvalue weighted by atomic mass is 16.2. The van der Waals surface area contributed by atoms with Crippen molar-refractivity contribution in [2.24, 2.45) is 0 Å². The Bertz CT molecular complexity index is 473. The van der Waals surface area contributed by atoms with Crippen molar-refractivity contribution in [2.45, 2.75) is 32.4 Å². The normalized spacial score (nSPS) is 14.9. The van der Waals surface area contributed by atoms with Gasteiger partial charge in [-0.15, -0.1) is 16.6 Å². The van der Waals surface area contributed by atoms with Gasteiger partial charge < -0.3 is 9.88 Å². The molecule has 2 N–H and O–H groups in total. The highest BCUT2D eigenvalue weighted by molar-refractivity contribution is 5.78. The van der Waals surface area contributed by atoms with E-state index >= 15 is 0 Å². The van der Waals surface area contributed by atoms with Crippen molar-refractivity contribution >= 4 is 5.91 Å². The number of amides is 1. The lowest BCUT2D eigenvalue weighted by atomic mass is 10.3. The Kier molecular flexibility index (Phi) is 3.95. The Morgan fingerprint density at radius 2 is 2.44 bits per heavy atom. The third kappa shape index (κ3) is 2.68. The van der Waals surface area contributed by atoms with Crippen LogP contribution in [0.15, 0.2) is 0 Å². The van der Waals surface area contributed by atoms with Crippen LogP contribution in [0.5, 0.6) is 0 Å². The van der Waals surface area contributed by atoms with Gasteiger partial charge in [0.25, 0.3) is 0 Å². The van der Waals surface area contributed by atoms with E-state index in [4.69, 9.17) is 6.42 Å². The van der Waals surface area contributed by atoms with E-state index in [0.29, 0.717) is 6.54 Å². The van der Waals surface area contributed by atoms with Crippen LogP contribution in [0.1, 0.15) is 31.0 Å². The van der Waals surface area contributed by atoms with Crippen molar-refractivity contribution in [1.29, 1.82) is 0 Å². The highest BCUT2D eigenvalue weighted by Gasteiger charge is 2.21. The first-order chi connectivity index (χ1) is 8.72. The molecule has 0 saturated carbocycles. The maximum absolute atomic E-state index is 11.6. The van der Waals surface area contributed by atoms with Gasteiger partial charge >= 0.3 is 0 Å². The van der Waals surface area contributed by atoms with Crippen molar-refractivity contribution < 1.29 is 4.79 Å². The third-order valence-electron chi connectivity index (χ3n) is 2.92. The lowest BCUT2D eigenvalue weighted by Crippen LogP contribution is -2.36. The average molecular weight is 247 g/mol. The Hall–Kier alpha value is -1.87. The standard InChI is InChI=1S/C12H17N5O/c1-3-6-13-8-11(18)14-9(2)12-16-15-10-5-4-7-17(10)12/h1,9,13H,4-8H2,2H3,(H,14,18). The summed E-state index contributed by atoms with van der Waals surface area (Å²) in [7, 11) is 0. The second-order valence-electron chi connectivity index (χ2n) is 4.33. The van der Waals surface area contributed by atoms with Crippen LogP contribution in [0.2, 0.25) is 0 Å². The third-order valence-corrected chi connectivity index (χ3v) is 2.92. The quantitative estimate of drug-likeness (QED) is 0.550. The zero-order valence-corrected chi connectivity index (χ0v) is 10.4. The molecule has 96 valence electrons. The molecule has 0 saturated heterocycles. The van der Waals surface area contributed by atoms with E-state index in [1.165, 1.54) is 0 Å². The van der Waals surface area contributed by atoms with E-state index in [-0.39, 0.29) is 18.5 Å². The van der Waals surface area contributed by atoms with Gasteiger partial charge in [0.1, 0.15) is 5.82 Å². The first-order valence-electron chi connectivity index (χ1n) is 6.08. The molecule has 1 aliphatic rings. The molecule has 6 nitrogen and oxygen atoms in total. The minimum Gasteiger partial charge on any atom is -0.345 e. The molecule has 1 unspecified atom stereocenters. The number of terminal acetylenes is 1. The Labute approximate surface area is 106 Å². The summed E-state index contributed by atoms with van der Waals surface area (Å²) >= 11 is 0. The molecule has 2 heterocycles. The van der Waals surface area contributed by atoms with Crippen LogP contribution in [0.3, 0.4) is 0 Å². The van der Waals surface area contributed by atoms with Gasteiger partial charge in [0.2, 0.25) is 5.91 Å². The summed E-state index contributed by atoms with van der Waals surface area (Å²) in [6.07, 6.45) is 7.16. The minimum atomic E-state index is -0.135. The van der Waals surface area contributed by atoms with Crippen molar-refractivity contribution in [1.82, 2.24) is 25.4 Å². The number of fused-ring (bicyclic) bond motifs is 1. The fraction of sp³-hybridized carbons (Fsp3) is 0.583. The number of hydrogen-bond acceptors (Lipinski definition) is 4. The molecule has 1 atom stereocenters. The molecule has 0 fully saturated rings. The van der Waals surface area contributed by atoms with Crippen LogP contribution in [0.4, 0.5) is 0 Å². The summed E-state index contributed by atoms with van der Waals surface area (Å²) in [5, 5.41) is 14.0. The predicted molar refractivity (Wildman–Crippen MR) is 66.6 cm³/mol. The molecular weight excluding hydrogens is 230 g/mol. The zero-order valence-electron chi connectivity index (χ0n) is 10.4. The number of nitrogens with zero attached hydrogens (tertiary/aromatic N) is 3. The molecule has 0 bridgehead atoms. The summed E-state index contributed by atoms with van der Waals surface area (Å²) in [5.74, 6) is 4.17. The molecule has 2 rings (SSSR count). The fourth-order valence-electron chi connectivity index (χ4n) is 2.10. The molecule has 1 amide bonds. The van der Waals surface area contributed by atoms with E-state index in [0.717, 1.165) is 31.0 Å². The topological polar surface area (TPSA) is 71.8 Å². The van der Waals surface area contributed by atoms with Crippen LogP contribution < -0.4 is 10.6 Å². The van der Waals surface area contributed by atoms with Gasteiger partial charge in [-0.25, -0.2) is 0 Å². The monoisotopic (exact) mass is 247 g/mol. The van der Waals surface area contributed by atoms with Gasteiger partial charge in [-0.05, 0) is 13.3 Å². The van der Waals surface area contributed by atoms with Gasteiger partial charge in [0.05, 0.1) is 19.1 Å². The SMILES string of the molecule is C#CCNCC(=O)NC(C)c1nnc2n1CCC2. The second-order valence-corrected chi connectivity index (χ2v) is 4.33. The van der Waals surface area contributed by atoms with Crippen LogP contribution >= 0.6 is 0 Å². The molecule has 1 aromatic rings. The van der Waals surface area contributed by atoms with Crippen LogP contribution in [-0.2, 0) is 17.8 Å². The summed E-state index contributed by atoms with van der Waals surface area (Å²) in [5.41, 5.74) is 0. The number of rotatable bonds is 5. The average Bonchev–Trinajstić information content (AvgIpc) is 2.90. The Balaban J connectivity index is 1.89. The predicted octanol–water partition coefficient (Wildman–Crippen LogP) is -0.376. The highest BCUT2D eigenvalue weighted by Crippen LogP contribution is 2.18. The lowest BCUT2D eigenvalue weighted by Gasteiger charge is -2.13. The minimum absolute atomic E-state index is 0.0897. The van der Waals surface area contributed by atoms with Crippen LogP contribution in [0, 0.1) is 12.3 Å². The molecular formula is C12H17N5O. The lowest BCUT2D eigenvalue weighted by molar-refractivity contribution is -0.120. The van der Waals surface area contributed by atoms with Crippen molar-refractivity contribution in [3.05, 3.63) is 11.6 Å². The van der Waals surface area contributed by atoms with Crippen LogP contribution in [0.25, 0.3) is 0 Å². The first kappa shape index (κ1) is 12.6. The van der Waals surface area contributed by atoms with Crippen molar-refractivity contribution in [3.63, 3.8) is 0 Å². The smallest absolute Gasteiger partial charge is 0.234 e. The Morgan fingerprint density at radius 1 is 1.61 bits per heavy atom. The molecule has 0 aliphatic carbocycles. The maximum Gasteiger partial charge on any atom is 0.234 e. The number of aromatic nitrogens is 3. The number of carbonyl (C=O) groups excluding carboxylic acids is 1. The summed E-state index contributed by atoms with van der Waals surface area (Å²) in [6, 6.07) is -0.135. The fourth-order valence-corrected chi connectivity index (χ4v) is 2.10. The van der Waals surface area contributed by atoms with E-state index in [1.54, 1.807) is 0 Å². The molecule has 0 spiro atoms. The number of nitrogens with one attached hydrogen (secondary N) is 2. The van der Waals surface area contributed by atoms with E-state index < -0.39 is 0 Å². The maximum atomic E-state index is 11.6. The molecule has 0 aromatic carbocycles. The van der Waals surface area contributed by atoms with E-state index in [1.807, 2.05) is 6.92 Å². The first-order valence-corrected chi connectivity index (χ1v) is 6.08. The van der Waals surface area contributed by atoms with Gasteiger partial charge in [-0.1, -0.05) is 5.92 Å². The summed E-state index contributed by atoms with van der Waals surface area (Å²) in [4.78, 5) is 11.6. The van der Waals surface area contributed by atoms with Gasteiger partial charge in [0.15, 0.2) is 5.82 Å². The molecule has 1 aliphatic heterocycles. The molecule has 18 heavy (non-hydrogen) atoms. The van der Waals surface area contributed by atoms with Crippen LogP contribution in [-0.4, -0.2) is 33.8 Å². The zero-order chi connectivity index (χ0) is 13.0. The second kappa shape index (κ2) is 5.65. The van der Waals surface area contributed by atoms with Gasteiger partial charge in [-0.3, -0.25) is 10.1 Å². The number of carbonyl (C=O) groups is 1. The molecule has 1 aromatic heterocycles. The Morgan fingerprint density at radius 3 is 3.22 bits per heavy atom. The summed E-state index contributed by atoms with van der Waals surface area (Å²) < 4.78 is 2.08. The van der Waals surface area contributed by atoms with E-state index in [2.05, 4.69) is 31.3 Å². The summed E-state index contributed by atoms with van der Waals surface area (Å²) in [6.45, 7) is 3.46. The largest absolute Gasteiger partial charge is 0.345 e. The molecule has 0 radical (unpaired) electrons. The van der Waals surface area contributed by atoms with Gasteiger partial charge in [0, 0.05) is 13.0 Å². The van der Waals surface area contributed by atoms with Crippen molar-refractivity contribution in [2.75, 3.05) is 13.1 Å². The van der Waals surface area contributed by atoms with Crippen molar-refractivity contribution in [3.8, 4) is 12.3 Å². The van der Waals surface area contributed by atoms with Gasteiger partial charge in [-0.2, -0.15) is 0 Å². The van der Waals surface area contributed by atoms with E-state index in [9.17, 15) is 4.79 Å². The molecule has 6 heteroatoms.